The fourth-order valence-electron chi connectivity index (χ4n) is 2.33. The summed E-state index contributed by atoms with van der Waals surface area (Å²) in [7, 11) is 0. The lowest BCUT2D eigenvalue weighted by molar-refractivity contribution is -0.0191. The maximum atomic E-state index is 10.8. The van der Waals surface area contributed by atoms with Crippen LogP contribution in [0.1, 0.15) is 24.2 Å². The monoisotopic (exact) mass is 310 g/mol. The Labute approximate surface area is 129 Å². The summed E-state index contributed by atoms with van der Waals surface area (Å²) in [5.41, 5.74) is 0.219. The van der Waals surface area contributed by atoms with Crippen LogP contribution in [0.5, 0.6) is 0 Å². The van der Waals surface area contributed by atoms with E-state index < -0.39 is 5.97 Å². The number of nitrogens with zero attached hydrogens (tertiary/aromatic N) is 2. The van der Waals surface area contributed by atoms with Crippen molar-refractivity contribution in [2.45, 2.75) is 25.0 Å². The number of ether oxygens (including phenoxy) is 1. The third-order valence-electron chi connectivity index (χ3n) is 3.25. The number of rotatable bonds is 6. The lowest BCUT2D eigenvalue weighted by Crippen LogP contribution is -2.44. The fraction of sp³-hybridized carbons (Fsp3) is 0.600. The zero-order valence-corrected chi connectivity index (χ0v) is 13.3. The molecule has 0 amide bonds. The van der Waals surface area contributed by atoms with Crippen LogP contribution in [0.15, 0.2) is 23.4 Å². The SMILES string of the molecule is CC(C)CN1CCOC(CSc2ccc(C(=O)O)cn2)C1. The third kappa shape index (κ3) is 5.30. The van der Waals surface area contributed by atoms with Gasteiger partial charge in [0.1, 0.15) is 0 Å². The fourth-order valence-corrected chi connectivity index (χ4v) is 3.18. The van der Waals surface area contributed by atoms with E-state index in [4.69, 9.17) is 9.84 Å². The maximum absolute atomic E-state index is 10.8. The van der Waals surface area contributed by atoms with Gasteiger partial charge in [0.2, 0.25) is 0 Å². The number of aromatic carboxylic acids is 1. The Kier molecular flexibility index (Phi) is 6.02. The number of thioether (sulfide) groups is 1. The smallest absolute Gasteiger partial charge is 0.337 e. The van der Waals surface area contributed by atoms with Crippen molar-refractivity contribution in [2.75, 3.05) is 32.0 Å². The topological polar surface area (TPSA) is 62.7 Å². The molecule has 6 heteroatoms. The van der Waals surface area contributed by atoms with E-state index in [1.54, 1.807) is 23.9 Å². The highest BCUT2D eigenvalue weighted by Gasteiger charge is 2.21. The van der Waals surface area contributed by atoms with Crippen LogP contribution in [0.4, 0.5) is 0 Å². The molecular formula is C15H22N2O3S. The zero-order valence-electron chi connectivity index (χ0n) is 12.5. The van der Waals surface area contributed by atoms with Gasteiger partial charge in [-0.15, -0.1) is 11.8 Å². The van der Waals surface area contributed by atoms with Crippen molar-refractivity contribution in [1.29, 1.82) is 0 Å². The van der Waals surface area contributed by atoms with Crippen LogP contribution in [-0.2, 0) is 4.74 Å². The molecule has 1 N–H and O–H groups in total. The molecule has 21 heavy (non-hydrogen) atoms. The number of carboxylic acid groups (broad SMARTS) is 1. The molecule has 1 aromatic rings. The van der Waals surface area contributed by atoms with Crippen LogP contribution in [0.25, 0.3) is 0 Å². The highest BCUT2D eigenvalue weighted by Crippen LogP contribution is 2.19. The predicted molar refractivity (Wildman–Crippen MR) is 82.9 cm³/mol. The van der Waals surface area contributed by atoms with Gasteiger partial charge in [0.25, 0.3) is 0 Å². The van der Waals surface area contributed by atoms with Crippen molar-refractivity contribution in [3.8, 4) is 0 Å². The van der Waals surface area contributed by atoms with Crippen molar-refractivity contribution in [3.63, 3.8) is 0 Å². The molecule has 0 aliphatic carbocycles. The van der Waals surface area contributed by atoms with Gasteiger partial charge in [-0.2, -0.15) is 0 Å². The summed E-state index contributed by atoms with van der Waals surface area (Å²) in [4.78, 5) is 17.4. The highest BCUT2D eigenvalue weighted by molar-refractivity contribution is 7.99. The van der Waals surface area contributed by atoms with E-state index in [0.717, 1.165) is 37.0 Å². The first-order chi connectivity index (χ1) is 10.0. The lowest BCUT2D eigenvalue weighted by Gasteiger charge is -2.33. The predicted octanol–water partition coefficient (Wildman–Crippen LogP) is 2.23. The molecule has 116 valence electrons. The molecule has 5 nitrogen and oxygen atoms in total. The van der Waals surface area contributed by atoms with Crippen molar-refractivity contribution in [2.24, 2.45) is 5.92 Å². The Hall–Kier alpha value is -1.11. The molecule has 1 aliphatic heterocycles. The number of morpholine rings is 1. The molecule has 0 radical (unpaired) electrons. The number of aromatic nitrogens is 1. The number of hydrogen-bond acceptors (Lipinski definition) is 5. The Bertz CT molecular complexity index is 464. The Morgan fingerprint density at radius 2 is 2.38 bits per heavy atom. The van der Waals surface area contributed by atoms with Gasteiger partial charge in [-0.05, 0) is 18.1 Å². The van der Waals surface area contributed by atoms with Crippen LogP contribution in [-0.4, -0.2) is 59.1 Å². The van der Waals surface area contributed by atoms with E-state index in [0.29, 0.717) is 5.92 Å². The lowest BCUT2D eigenvalue weighted by atomic mass is 10.2. The Morgan fingerprint density at radius 1 is 1.57 bits per heavy atom. The molecule has 2 heterocycles. The van der Waals surface area contributed by atoms with E-state index in [1.807, 2.05) is 0 Å². The van der Waals surface area contributed by atoms with Crippen molar-refractivity contribution < 1.29 is 14.6 Å². The number of hydrogen-bond donors (Lipinski definition) is 1. The molecule has 2 rings (SSSR count). The molecule has 0 spiro atoms. The summed E-state index contributed by atoms with van der Waals surface area (Å²) in [6.45, 7) is 8.31. The minimum absolute atomic E-state index is 0.212. The molecule has 1 saturated heterocycles. The van der Waals surface area contributed by atoms with Gasteiger partial charge in [0.05, 0.1) is 23.3 Å². The van der Waals surface area contributed by atoms with Gasteiger partial charge < -0.3 is 9.84 Å². The molecule has 0 bridgehead atoms. The summed E-state index contributed by atoms with van der Waals surface area (Å²) >= 11 is 1.61. The molecule has 0 saturated carbocycles. The van der Waals surface area contributed by atoms with Gasteiger partial charge in [-0.3, -0.25) is 4.90 Å². The van der Waals surface area contributed by atoms with Crippen LogP contribution < -0.4 is 0 Å². The van der Waals surface area contributed by atoms with Crippen LogP contribution in [0.2, 0.25) is 0 Å². The van der Waals surface area contributed by atoms with Crippen LogP contribution >= 0.6 is 11.8 Å². The zero-order chi connectivity index (χ0) is 15.2. The molecule has 0 aromatic carbocycles. The Balaban J connectivity index is 1.80. The summed E-state index contributed by atoms with van der Waals surface area (Å²) < 4.78 is 5.79. The first kappa shape index (κ1) is 16.3. The first-order valence-electron chi connectivity index (χ1n) is 7.20. The second kappa shape index (κ2) is 7.77. The molecule has 1 fully saturated rings. The van der Waals surface area contributed by atoms with E-state index in [9.17, 15) is 4.79 Å². The van der Waals surface area contributed by atoms with Gasteiger partial charge in [0.15, 0.2) is 0 Å². The highest BCUT2D eigenvalue weighted by atomic mass is 32.2. The molecule has 1 aliphatic rings. The first-order valence-corrected chi connectivity index (χ1v) is 8.19. The average Bonchev–Trinajstić information content (AvgIpc) is 2.45. The number of carbonyl (C=O) groups is 1. The van der Waals surface area contributed by atoms with E-state index in [1.165, 1.54) is 6.20 Å². The standard InChI is InChI=1S/C15H22N2O3S/c1-11(2)8-17-5-6-20-13(9-17)10-21-14-4-3-12(7-16-14)15(18)19/h3-4,7,11,13H,5-6,8-10H2,1-2H3,(H,18,19). The van der Waals surface area contributed by atoms with E-state index >= 15 is 0 Å². The second-order valence-corrected chi connectivity index (χ2v) is 6.69. The van der Waals surface area contributed by atoms with Gasteiger partial charge in [0, 0.05) is 31.6 Å². The van der Waals surface area contributed by atoms with Crippen LogP contribution in [0, 0.1) is 5.92 Å². The summed E-state index contributed by atoms with van der Waals surface area (Å²) in [6, 6.07) is 3.34. The van der Waals surface area contributed by atoms with Crippen molar-refractivity contribution in [3.05, 3.63) is 23.9 Å². The maximum Gasteiger partial charge on any atom is 0.337 e. The van der Waals surface area contributed by atoms with Gasteiger partial charge >= 0.3 is 5.97 Å². The molecule has 1 aromatic heterocycles. The van der Waals surface area contributed by atoms with Gasteiger partial charge in [-0.25, -0.2) is 9.78 Å². The number of pyridine rings is 1. The minimum Gasteiger partial charge on any atom is -0.478 e. The van der Waals surface area contributed by atoms with Crippen molar-refractivity contribution >= 4 is 17.7 Å². The average molecular weight is 310 g/mol. The normalized spacial score (nSPS) is 19.9. The van der Waals surface area contributed by atoms with Crippen LogP contribution in [0.3, 0.4) is 0 Å². The van der Waals surface area contributed by atoms with Crippen molar-refractivity contribution in [1.82, 2.24) is 9.88 Å². The quantitative estimate of drug-likeness (QED) is 0.813. The molecular weight excluding hydrogens is 288 g/mol. The second-order valence-electron chi connectivity index (χ2n) is 5.65. The Morgan fingerprint density at radius 3 is 3.00 bits per heavy atom. The third-order valence-corrected chi connectivity index (χ3v) is 4.32. The molecule has 1 atom stereocenters. The number of carboxylic acids is 1. The van der Waals surface area contributed by atoms with E-state index in [2.05, 4.69) is 23.7 Å². The minimum atomic E-state index is -0.945. The molecule has 1 unspecified atom stereocenters. The largest absolute Gasteiger partial charge is 0.478 e. The summed E-state index contributed by atoms with van der Waals surface area (Å²) in [6.07, 6.45) is 1.61. The van der Waals surface area contributed by atoms with Gasteiger partial charge in [-0.1, -0.05) is 13.8 Å². The summed E-state index contributed by atoms with van der Waals surface area (Å²) in [5, 5.41) is 9.68. The summed E-state index contributed by atoms with van der Waals surface area (Å²) in [5.74, 6) is 0.564. The van der Waals surface area contributed by atoms with E-state index in [-0.39, 0.29) is 11.7 Å².